The molecule has 1 N–H and O–H groups in total. The average molecular weight is 249 g/mol. The third-order valence-electron chi connectivity index (χ3n) is 5.12. The molecule has 0 spiro atoms. The maximum absolute atomic E-state index is 12.4. The zero-order valence-corrected chi connectivity index (χ0v) is 10.3. The van der Waals surface area contributed by atoms with Gasteiger partial charge < -0.3 is 5.32 Å². The molecule has 0 radical (unpaired) electrons. The van der Waals surface area contributed by atoms with Crippen LogP contribution in [-0.2, 0) is 4.79 Å². The molecule has 2 bridgehead atoms. The molecule has 0 aromatic heterocycles. The van der Waals surface area contributed by atoms with Gasteiger partial charge in [-0.25, -0.2) is 0 Å². The van der Waals surface area contributed by atoms with E-state index in [-0.39, 0.29) is 11.3 Å². The summed E-state index contributed by atoms with van der Waals surface area (Å²) in [6.45, 7) is 5.87. The number of rotatable bonds is 1. The zero-order valence-electron chi connectivity index (χ0n) is 10.3. The Kier molecular flexibility index (Phi) is 2.53. The van der Waals surface area contributed by atoms with Gasteiger partial charge in [0.25, 0.3) is 0 Å². The third kappa shape index (κ3) is 1.58. The summed E-state index contributed by atoms with van der Waals surface area (Å²) in [5.41, 5.74) is -0.895. The Morgan fingerprint density at radius 2 is 1.88 bits per heavy atom. The van der Waals surface area contributed by atoms with Crippen molar-refractivity contribution in [3.8, 4) is 0 Å². The van der Waals surface area contributed by atoms with Gasteiger partial charge in [0, 0.05) is 5.54 Å². The largest absolute Gasteiger partial charge is 0.471 e. The van der Waals surface area contributed by atoms with Crippen molar-refractivity contribution in [1.82, 2.24) is 5.32 Å². The van der Waals surface area contributed by atoms with Gasteiger partial charge in [-0.1, -0.05) is 20.8 Å². The number of alkyl halides is 3. The molecule has 0 aromatic carbocycles. The molecule has 3 fully saturated rings. The molecule has 0 aliphatic heterocycles. The first kappa shape index (κ1) is 12.7. The van der Waals surface area contributed by atoms with Gasteiger partial charge in [0.2, 0.25) is 0 Å². The third-order valence-corrected chi connectivity index (χ3v) is 5.12. The van der Waals surface area contributed by atoms with E-state index in [4.69, 9.17) is 0 Å². The number of fused-ring (bicyclic) bond motifs is 2. The van der Waals surface area contributed by atoms with E-state index in [9.17, 15) is 18.0 Å². The van der Waals surface area contributed by atoms with Crippen LogP contribution in [-0.4, -0.2) is 17.6 Å². The van der Waals surface area contributed by atoms with Gasteiger partial charge in [0.1, 0.15) is 0 Å². The summed E-state index contributed by atoms with van der Waals surface area (Å²) < 4.78 is 37.1. The average Bonchev–Trinajstić information content (AvgIpc) is 2.18. The second kappa shape index (κ2) is 3.39. The van der Waals surface area contributed by atoms with Crippen molar-refractivity contribution >= 4 is 5.91 Å². The zero-order chi connectivity index (χ0) is 13.1. The molecule has 3 aliphatic carbocycles. The maximum atomic E-state index is 12.4. The van der Waals surface area contributed by atoms with Crippen LogP contribution in [0, 0.1) is 17.3 Å². The van der Waals surface area contributed by atoms with Gasteiger partial charge >= 0.3 is 12.1 Å². The first-order chi connectivity index (χ1) is 7.61. The molecule has 1 amide bonds. The van der Waals surface area contributed by atoms with Crippen LogP contribution in [0.25, 0.3) is 0 Å². The number of carbonyl (C=O) groups excluding carboxylic acids is 1. The lowest BCUT2D eigenvalue weighted by Crippen LogP contribution is -2.75. The molecular weight excluding hydrogens is 231 g/mol. The van der Waals surface area contributed by atoms with Crippen LogP contribution in [0.1, 0.15) is 40.0 Å². The van der Waals surface area contributed by atoms with E-state index >= 15 is 0 Å². The molecule has 17 heavy (non-hydrogen) atoms. The molecule has 0 aromatic rings. The molecule has 0 saturated heterocycles. The maximum Gasteiger partial charge on any atom is 0.471 e. The second-order valence-electron chi connectivity index (χ2n) is 6.02. The number of carbonyl (C=O) groups is 1. The summed E-state index contributed by atoms with van der Waals surface area (Å²) in [5.74, 6) is -1.25. The summed E-state index contributed by atoms with van der Waals surface area (Å²) in [6, 6.07) is 0. The van der Waals surface area contributed by atoms with Crippen molar-refractivity contribution in [2.75, 3.05) is 0 Å². The van der Waals surface area contributed by atoms with Crippen molar-refractivity contribution in [1.29, 1.82) is 0 Å². The van der Waals surface area contributed by atoms with E-state index < -0.39 is 17.6 Å². The number of hydrogen-bond donors (Lipinski definition) is 1. The molecule has 0 unspecified atom stereocenters. The number of amides is 1. The number of nitrogens with one attached hydrogen (secondary N) is 1. The van der Waals surface area contributed by atoms with Gasteiger partial charge in [-0.15, -0.1) is 0 Å². The van der Waals surface area contributed by atoms with Crippen molar-refractivity contribution in [2.24, 2.45) is 17.3 Å². The Labute approximate surface area is 98.9 Å². The van der Waals surface area contributed by atoms with Crippen molar-refractivity contribution in [3.05, 3.63) is 0 Å². The highest BCUT2D eigenvalue weighted by molar-refractivity contribution is 5.82. The normalized spacial score (nSPS) is 39.4. The molecule has 98 valence electrons. The van der Waals surface area contributed by atoms with E-state index in [0.717, 1.165) is 12.8 Å². The standard InChI is InChI=1S/C12H18F3NO/c1-7-4-5-8-6-11(7,10(8,2)3)16-9(17)12(13,14)15/h7-8H,4-6H2,1-3H3,(H,16,17)/t7-,8-,11-/m1/s1. The summed E-state index contributed by atoms with van der Waals surface area (Å²) in [5, 5.41) is 2.28. The molecule has 3 aliphatic rings. The van der Waals surface area contributed by atoms with Crippen LogP contribution in [0.15, 0.2) is 0 Å². The Morgan fingerprint density at radius 3 is 2.29 bits per heavy atom. The molecule has 3 rings (SSSR count). The van der Waals surface area contributed by atoms with E-state index in [1.807, 2.05) is 20.8 Å². The SMILES string of the molecule is C[C@@H]1CC[C@@H]2C[C@]1(NC(=O)C(F)(F)F)C2(C)C. The lowest BCUT2D eigenvalue weighted by Gasteiger charge is -2.68. The summed E-state index contributed by atoms with van der Waals surface area (Å²) in [4.78, 5) is 11.2. The predicted octanol–water partition coefficient (Wildman–Crippen LogP) is 2.88. The van der Waals surface area contributed by atoms with E-state index in [1.165, 1.54) is 0 Å². The molecule has 3 saturated carbocycles. The molecule has 2 nitrogen and oxygen atoms in total. The number of hydrogen-bond acceptors (Lipinski definition) is 1. The highest BCUT2D eigenvalue weighted by atomic mass is 19.4. The first-order valence-corrected chi connectivity index (χ1v) is 6.00. The van der Waals surface area contributed by atoms with Crippen molar-refractivity contribution in [2.45, 2.75) is 51.7 Å². The summed E-state index contributed by atoms with van der Waals surface area (Å²) in [6.07, 6.45) is -2.15. The molecule has 0 heterocycles. The monoisotopic (exact) mass is 249 g/mol. The van der Waals surface area contributed by atoms with Crippen LogP contribution >= 0.6 is 0 Å². The highest BCUT2D eigenvalue weighted by Gasteiger charge is 2.66. The number of halogens is 3. The van der Waals surface area contributed by atoms with E-state index in [2.05, 4.69) is 5.32 Å². The highest BCUT2D eigenvalue weighted by Crippen LogP contribution is 2.64. The van der Waals surface area contributed by atoms with Crippen molar-refractivity contribution in [3.63, 3.8) is 0 Å². The fraction of sp³-hybridized carbons (Fsp3) is 0.917. The topological polar surface area (TPSA) is 29.1 Å². The van der Waals surface area contributed by atoms with Crippen molar-refractivity contribution < 1.29 is 18.0 Å². The fourth-order valence-corrected chi connectivity index (χ4v) is 3.75. The quantitative estimate of drug-likeness (QED) is 0.760. The van der Waals surface area contributed by atoms with Gasteiger partial charge in [0.05, 0.1) is 0 Å². The fourth-order valence-electron chi connectivity index (χ4n) is 3.75. The molecule has 3 atom stereocenters. The molecule has 5 heteroatoms. The van der Waals surface area contributed by atoms with Crippen LogP contribution in [0.4, 0.5) is 13.2 Å². The van der Waals surface area contributed by atoms with Crippen LogP contribution in [0.5, 0.6) is 0 Å². The second-order valence-corrected chi connectivity index (χ2v) is 6.02. The van der Waals surface area contributed by atoms with Gasteiger partial charge in [-0.2, -0.15) is 13.2 Å². The Balaban J connectivity index is 2.21. The van der Waals surface area contributed by atoms with Gasteiger partial charge in [0.15, 0.2) is 0 Å². The minimum Gasteiger partial charge on any atom is -0.342 e. The predicted molar refractivity (Wildman–Crippen MR) is 57.2 cm³/mol. The Hall–Kier alpha value is -0.740. The van der Waals surface area contributed by atoms with Crippen LogP contribution in [0.3, 0.4) is 0 Å². The summed E-state index contributed by atoms with van der Waals surface area (Å²) in [7, 11) is 0. The Morgan fingerprint density at radius 1 is 1.29 bits per heavy atom. The minimum absolute atomic E-state index is 0.105. The lowest BCUT2D eigenvalue weighted by molar-refractivity contribution is -0.194. The van der Waals surface area contributed by atoms with Gasteiger partial charge in [-0.3, -0.25) is 4.79 Å². The van der Waals surface area contributed by atoms with Crippen LogP contribution in [0.2, 0.25) is 0 Å². The smallest absolute Gasteiger partial charge is 0.342 e. The van der Waals surface area contributed by atoms with Crippen LogP contribution < -0.4 is 5.32 Å². The first-order valence-electron chi connectivity index (χ1n) is 6.00. The van der Waals surface area contributed by atoms with E-state index in [0.29, 0.717) is 12.3 Å². The Bertz CT molecular complexity index is 350. The van der Waals surface area contributed by atoms with E-state index in [1.54, 1.807) is 0 Å². The lowest BCUT2D eigenvalue weighted by atomic mass is 9.41. The molecular formula is C12H18F3NO. The minimum atomic E-state index is -4.78. The van der Waals surface area contributed by atoms with Gasteiger partial charge in [-0.05, 0) is 36.5 Å². The summed E-state index contributed by atoms with van der Waals surface area (Å²) >= 11 is 0.